The Hall–Kier alpha value is -1.95. The summed E-state index contributed by atoms with van der Waals surface area (Å²) in [5.74, 6) is -0.141. The highest BCUT2D eigenvalue weighted by Gasteiger charge is 2.09. The molecule has 0 aliphatic heterocycles. The van der Waals surface area contributed by atoms with Gasteiger partial charge in [-0.3, -0.25) is 19.1 Å². The average molecular weight is 250 g/mol. The van der Waals surface area contributed by atoms with Gasteiger partial charge in [-0.2, -0.15) is 0 Å². The molecule has 17 heavy (non-hydrogen) atoms. The predicted molar refractivity (Wildman–Crippen MR) is 64.7 cm³/mol. The van der Waals surface area contributed by atoms with Crippen molar-refractivity contribution in [3.05, 3.63) is 55.0 Å². The van der Waals surface area contributed by atoms with Crippen molar-refractivity contribution in [3.63, 3.8) is 0 Å². The van der Waals surface area contributed by atoms with Crippen LogP contribution in [-0.2, 0) is 6.54 Å². The lowest BCUT2D eigenvalue weighted by atomic mass is 10.3. The minimum Gasteiger partial charge on any atom is -0.293 e. The van der Waals surface area contributed by atoms with E-state index in [1.54, 1.807) is 6.07 Å². The second-order valence-corrected chi connectivity index (χ2v) is 4.86. The van der Waals surface area contributed by atoms with Crippen LogP contribution in [0.1, 0.15) is 14.5 Å². The number of ketones is 1. The van der Waals surface area contributed by atoms with Crippen LogP contribution in [0, 0.1) is 6.92 Å². The number of nitrogens with zero attached hydrogens (tertiary/aromatic N) is 1. The smallest absolute Gasteiger partial charge is 0.293 e. The summed E-state index contributed by atoms with van der Waals surface area (Å²) in [6, 6.07) is 4.81. The largest absolute Gasteiger partial charge is 0.328 e. The van der Waals surface area contributed by atoms with Gasteiger partial charge in [0, 0.05) is 17.1 Å². The van der Waals surface area contributed by atoms with Gasteiger partial charge in [-0.25, -0.2) is 4.79 Å². The second-order valence-electron chi connectivity index (χ2n) is 3.57. The van der Waals surface area contributed by atoms with Gasteiger partial charge in [0.25, 0.3) is 5.56 Å². The standard InChI is InChI=1S/C11H10N2O3S/c1-7-2-3-9(17-7)8(14)6-13-5-4-10(15)12-11(13)16/h2-5H,6H2,1H3,(H,12,15,16). The summed E-state index contributed by atoms with van der Waals surface area (Å²) in [6.07, 6.45) is 1.32. The second kappa shape index (κ2) is 4.50. The zero-order chi connectivity index (χ0) is 12.4. The fraction of sp³-hybridized carbons (Fsp3) is 0.182. The highest BCUT2D eigenvalue weighted by Crippen LogP contribution is 2.15. The minimum atomic E-state index is -0.570. The summed E-state index contributed by atoms with van der Waals surface area (Å²) in [7, 11) is 0. The van der Waals surface area contributed by atoms with E-state index in [0.717, 1.165) is 4.88 Å². The lowest BCUT2D eigenvalue weighted by Crippen LogP contribution is -2.30. The Morgan fingerprint density at radius 2 is 2.12 bits per heavy atom. The number of Topliss-reactive ketones (excluding diaryl/α,β-unsaturated/α-hetero) is 1. The number of carbonyl (C=O) groups is 1. The number of rotatable bonds is 3. The molecule has 0 atom stereocenters. The molecule has 0 spiro atoms. The van der Waals surface area contributed by atoms with Crippen LogP contribution in [0.4, 0.5) is 0 Å². The van der Waals surface area contributed by atoms with E-state index in [-0.39, 0.29) is 12.3 Å². The number of aryl methyl sites for hydroxylation is 1. The minimum absolute atomic E-state index is 0.0600. The van der Waals surface area contributed by atoms with Crippen molar-refractivity contribution >= 4 is 17.1 Å². The molecule has 0 saturated carbocycles. The van der Waals surface area contributed by atoms with Crippen molar-refractivity contribution in [1.29, 1.82) is 0 Å². The predicted octanol–water partition coefficient (Wildman–Crippen LogP) is 0.789. The highest BCUT2D eigenvalue weighted by molar-refractivity contribution is 7.14. The summed E-state index contributed by atoms with van der Waals surface area (Å²) < 4.78 is 1.18. The van der Waals surface area contributed by atoms with Gasteiger partial charge in [0.1, 0.15) is 0 Å². The molecular weight excluding hydrogens is 240 g/mol. The molecule has 0 amide bonds. The molecule has 0 saturated heterocycles. The first-order chi connectivity index (χ1) is 8.06. The first kappa shape index (κ1) is 11.5. The number of aromatic nitrogens is 2. The molecule has 0 radical (unpaired) electrons. The Morgan fingerprint density at radius 1 is 1.35 bits per heavy atom. The Labute approximate surface area is 100 Å². The number of thiophene rings is 1. The third-order valence-electron chi connectivity index (χ3n) is 2.23. The molecule has 0 unspecified atom stereocenters. The van der Waals surface area contributed by atoms with Gasteiger partial charge < -0.3 is 0 Å². The molecule has 0 fully saturated rings. The molecule has 2 aromatic heterocycles. The van der Waals surface area contributed by atoms with E-state index in [0.29, 0.717) is 4.88 Å². The molecule has 2 aromatic rings. The van der Waals surface area contributed by atoms with Crippen LogP contribution in [-0.4, -0.2) is 15.3 Å². The molecule has 2 heterocycles. The van der Waals surface area contributed by atoms with Crippen LogP contribution >= 0.6 is 11.3 Å². The van der Waals surface area contributed by atoms with Crippen LogP contribution in [0.15, 0.2) is 34.0 Å². The molecule has 6 heteroatoms. The van der Waals surface area contributed by atoms with E-state index in [2.05, 4.69) is 4.98 Å². The van der Waals surface area contributed by atoms with E-state index in [9.17, 15) is 14.4 Å². The zero-order valence-corrected chi connectivity index (χ0v) is 9.91. The van der Waals surface area contributed by atoms with Gasteiger partial charge in [0.05, 0.1) is 11.4 Å². The molecule has 1 N–H and O–H groups in total. The van der Waals surface area contributed by atoms with E-state index in [4.69, 9.17) is 0 Å². The molecule has 2 rings (SSSR count). The van der Waals surface area contributed by atoms with E-state index < -0.39 is 11.2 Å². The molecule has 0 aliphatic carbocycles. The van der Waals surface area contributed by atoms with Crippen LogP contribution in [0.2, 0.25) is 0 Å². The van der Waals surface area contributed by atoms with Gasteiger partial charge in [0.2, 0.25) is 0 Å². The van der Waals surface area contributed by atoms with Crippen molar-refractivity contribution < 1.29 is 4.79 Å². The number of nitrogens with one attached hydrogen (secondary N) is 1. The zero-order valence-electron chi connectivity index (χ0n) is 9.10. The van der Waals surface area contributed by atoms with E-state index in [1.807, 2.05) is 13.0 Å². The Morgan fingerprint density at radius 3 is 2.71 bits per heavy atom. The fourth-order valence-electron chi connectivity index (χ4n) is 1.39. The van der Waals surface area contributed by atoms with Crippen molar-refractivity contribution in [1.82, 2.24) is 9.55 Å². The number of aromatic amines is 1. The lowest BCUT2D eigenvalue weighted by molar-refractivity contribution is 0.0974. The third-order valence-corrected chi connectivity index (χ3v) is 3.27. The molecule has 0 aromatic carbocycles. The van der Waals surface area contributed by atoms with E-state index >= 15 is 0 Å². The summed E-state index contributed by atoms with van der Waals surface area (Å²) >= 11 is 1.39. The Bertz CT molecular complexity index is 666. The van der Waals surface area contributed by atoms with E-state index in [1.165, 1.54) is 28.2 Å². The molecule has 0 bridgehead atoms. The maximum atomic E-state index is 11.8. The Balaban J connectivity index is 2.24. The fourth-order valence-corrected chi connectivity index (χ4v) is 2.18. The number of carbonyl (C=O) groups excluding carboxylic acids is 1. The molecule has 88 valence electrons. The summed E-state index contributed by atoms with van der Waals surface area (Å²) in [5.41, 5.74) is -1.04. The Kier molecular flexibility index (Phi) is 3.06. The van der Waals surface area contributed by atoms with Crippen molar-refractivity contribution in [2.24, 2.45) is 0 Å². The number of hydrogen-bond acceptors (Lipinski definition) is 4. The molecule has 0 aliphatic rings. The maximum Gasteiger partial charge on any atom is 0.328 e. The molecule has 5 nitrogen and oxygen atoms in total. The molecular formula is C11H10N2O3S. The van der Waals surface area contributed by atoms with Gasteiger partial charge >= 0.3 is 5.69 Å². The summed E-state index contributed by atoms with van der Waals surface area (Å²) in [4.78, 5) is 37.8. The van der Waals surface area contributed by atoms with Crippen molar-refractivity contribution in [2.45, 2.75) is 13.5 Å². The number of hydrogen-bond donors (Lipinski definition) is 1. The van der Waals surface area contributed by atoms with Gasteiger partial charge in [-0.05, 0) is 19.1 Å². The lowest BCUT2D eigenvalue weighted by Gasteiger charge is -2.01. The average Bonchev–Trinajstić information content (AvgIpc) is 2.69. The first-order valence-corrected chi connectivity index (χ1v) is 5.77. The van der Waals surface area contributed by atoms with Crippen LogP contribution in [0.25, 0.3) is 0 Å². The normalized spacial score (nSPS) is 10.4. The SMILES string of the molecule is Cc1ccc(C(=O)Cn2ccc(=O)[nH]c2=O)s1. The quantitative estimate of drug-likeness (QED) is 0.818. The van der Waals surface area contributed by atoms with Crippen molar-refractivity contribution in [2.75, 3.05) is 0 Å². The van der Waals surface area contributed by atoms with Gasteiger partial charge in [-0.1, -0.05) is 0 Å². The highest BCUT2D eigenvalue weighted by atomic mass is 32.1. The van der Waals surface area contributed by atoms with Crippen LogP contribution in [0.5, 0.6) is 0 Å². The van der Waals surface area contributed by atoms with Crippen molar-refractivity contribution in [3.8, 4) is 0 Å². The third kappa shape index (κ3) is 2.59. The van der Waals surface area contributed by atoms with Gasteiger partial charge in [0.15, 0.2) is 5.78 Å². The topological polar surface area (TPSA) is 71.9 Å². The van der Waals surface area contributed by atoms with Crippen LogP contribution in [0.3, 0.4) is 0 Å². The summed E-state index contributed by atoms with van der Waals surface area (Å²) in [6.45, 7) is 1.85. The maximum absolute atomic E-state index is 11.8. The monoisotopic (exact) mass is 250 g/mol. The first-order valence-electron chi connectivity index (χ1n) is 4.95. The van der Waals surface area contributed by atoms with Crippen LogP contribution < -0.4 is 11.2 Å². The van der Waals surface area contributed by atoms with Gasteiger partial charge in [-0.15, -0.1) is 11.3 Å². The number of H-pyrrole nitrogens is 1. The summed E-state index contributed by atoms with van der Waals surface area (Å²) in [5, 5.41) is 0.